The molecule has 2 saturated heterocycles. The molecule has 2 heterocycles. The normalized spacial score (nSPS) is 15.7. The zero-order valence-electron chi connectivity index (χ0n) is 54.0. The first-order chi connectivity index (χ1) is 40.8. The Morgan fingerprint density at radius 1 is 0.736 bits per heavy atom. The second kappa shape index (κ2) is 31.6. The lowest BCUT2D eigenvalue weighted by Crippen LogP contribution is -2.46. The Kier molecular flexibility index (Phi) is 25.7. The maximum absolute atomic E-state index is 14.6. The Hall–Kier alpha value is -7.20. The van der Waals surface area contributed by atoms with Crippen molar-refractivity contribution in [1.29, 1.82) is 0 Å². The van der Waals surface area contributed by atoms with Gasteiger partial charge in [-0.2, -0.15) is 4.99 Å². The highest BCUT2D eigenvalue weighted by molar-refractivity contribution is 6.74. The first-order valence-corrected chi connectivity index (χ1v) is 32.6. The minimum absolute atomic E-state index is 0.0233. The van der Waals surface area contributed by atoms with E-state index in [1.807, 2.05) is 32.0 Å². The number of nitrogens with two attached hydrogens (primary N) is 1. The van der Waals surface area contributed by atoms with E-state index in [9.17, 15) is 24.0 Å². The lowest BCUT2D eigenvalue weighted by Gasteiger charge is -2.38. The Balaban J connectivity index is 1.32. The Labute approximate surface area is 516 Å². The molecule has 0 spiro atoms. The highest BCUT2D eigenvalue weighted by Crippen LogP contribution is 2.39. The van der Waals surface area contributed by atoms with Crippen LogP contribution in [0.25, 0.3) is 0 Å². The van der Waals surface area contributed by atoms with E-state index in [-0.39, 0.29) is 98.5 Å². The Morgan fingerprint density at radius 2 is 1.32 bits per heavy atom. The molecule has 5 rings (SSSR count). The average Bonchev–Trinajstić information content (AvgIpc) is 2.17. The van der Waals surface area contributed by atoms with E-state index in [1.165, 1.54) is 13.2 Å². The number of aliphatic imine (C=N–C) groups is 1. The van der Waals surface area contributed by atoms with Crippen LogP contribution in [-0.4, -0.2) is 144 Å². The molecule has 2 aliphatic heterocycles. The summed E-state index contributed by atoms with van der Waals surface area (Å²) in [4.78, 5) is 74.4. The molecule has 20 nitrogen and oxygen atoms in total. The maximum Gasteiger partial charge on any atom is 0.434 e. The third-order valence-corrected chi connectivity index (χ3v) is 19.2. The van der Waals surface area contributed by atoms with Gasteiger partial charge in [0, 0.05) is 49.3 Å². The number of carbonyl (C=O) groups excluding carboxylic acids is 5. The van der Waals surface area contributed by atoms with E-state index >= 15 is 0 Å². The molecule has 3 aromatic rings. The first kappa shape index (κ1) is 70.6. The summed E-state index contributed by atoms with van der Waals surface area (Å²) in [7, 11) is -0.656. The van der Waals surface area contributed by atoms with Crippen molar-refractivity contribution in [3.05, 3.63) is 107 Å². The number of benzene rings is 3. The minimum atomic E-state index is -2.15. The summed E-state index contributed by atoms with van der Waals surface area (Å²) in [5, 5.41) is 2.74. The Bertz CT molecular complexity index is 2970. The van der Waals surface area contributed by atoms with Crippen molar-refractivity contribution in [3.63, 3.8) is 0 Å². The van der Waals surface area contributed by atoms with Gasteiger partial charge in [0.05, 0.1) is 62.8 Å². The van der Waals surface area contributed by atoms with Crippen molar-refractivity contribution in [3.8, 4) is 23.0 Å². The summed E-state index contributed by atoms with van der Waals surface area (Å²) in [5.41, 5.74) is 10.4. The molecule has 0 bridgehead atoms. The zero-order valence-corrected chi connectivity index (χ0v) is 55.0. The largest absolute Gasteiger partial charge is 0.493 e. The molecule has 3 N–H and O–H groups in total. The third kappa shape index (κ3) is 22.2. The quantitative estimate of drug-likeness (QED) is 0.0125. The van der Waals surface area contributed by atoms with E-state index in [0.717, 1.165) is 24.0 Å². The van der Waals surface area contributed by atoms with Gasteiger partial charge in [-0.05, 0) is 146 Å². The number of methoxy groups -OCH3 is 1. The SMILES string of the molecule is C=CCOC(=O)Nc1cc(OCc2cc(COc3cc(N)c(C(=O)N4CC(=C)C[C@H]4CC)cc3OC)cc(OCCOCCOCCCC(CC(=O)OC(C)(C)C)=NC(=O)OC(C)(C)C)c2)c(C)cc1C(=O)N1CC(=C)C[C@H]1CO[Si](C)(C)C(C)(C)C. The third-order valence-electron chi connectivity index (χ3n) is 14.7. The predicted molar refractivity (Wildman–Crippen MR) is 340 cm³/mol. The van der Waals surface area contributed by atoms with Crippen molar-refractivity contribution in [2.45, 2.75) is 169 Å². The fourth-order valence-corrected chi connectivity index (χ4v) is 10.4. The topological polar surface area (TPSA) is 235 Å². The molecule has 4 amide bonds. The van der Waals surface area contributed by atoms with Gasteiger partial charge >= 0.3 is 18.2 Å². The molecule has 0 saturated carbocycles. The fraction of sp³-hybridized carbons (Fsp3) is 0.545. The van der Waals surface area contributed by atoms with Crippen LogP contribution in [0, 0.1) is 6.92 Å². The molecule has 478 valence electrons. The molecular formula is C66H95N5O15Si. The van der Waals surface area contributed by atoms with E-state index in [1.54, 1.807) is 75.6 Å². The smallest absolute Gasteiger partial charge is 0.434 e. The molecule has 2 fully saturated rings. The summed E-state index contributed by atoms with van der Waals surface area (Å²) in [5.74, 6) is 0.522. The van der Waals surface area contributed by atoms with Gasteiger partial charge in [0.1, 0.15) is 49.1 Å². The second-order valence-corrected chi connectivity index (χ2v) is 30.3. The number of hydrogen-bond donors (Lipinski definition) is 2. The maximum atomic E-state index is 14.6. The highest BCUT2D eigenvalue weighted by Gasteiger charge is 2.40. The summed E-state index contributed by atoms with van der Waals surface area (Å²) in [6.07, 6.45) is 2.66. The number of amides is 4. The van der Waals surface area contributed by atoms with E-state index in [0.29, 0.717) is 96.5 Å². The van der Waals surface area contributed by atoms with Crippen LogP contribution < -0.4 is 30.0 Å². The zero-order chi connectivity index (χ0) is 64.4. The van der Waals surface area contributed by atoms with Gasteiger partial charge < -0.3 is 62.6 Å². The number of ether oxygens (including phenoxy) is 9. The number of carbonyl (C=O) groups is 5. The Morgan fingerprint density at radius 3 is 1.92 bits per heavy atom. The van der Waals surface area contributed by atoms with Crippen molar-refractivity contribution in [2.75, 3.05) is 77.5 Å². The predicted octanol–water partition coefficient (Wildman–Crippen LogP) is 12.8. The van der Waals surface area contributed by atoms with Crippen molar-refractivity contribution in [1.82, 2.24) is 9.80 Å². The number of anilines is 2. The lowest BCUT2D eigenvalue weighted by molar-refractivity contribution is -0.153. The molecule has 21 heteroatoms. The molecule has 87 heavy (non-hydrogen) atoms. The van der Waals surface area contributed by atoms with Crippen LogP contribution in [-0.2, 0) is 46.1 Å². The van der Waals surface area contributed by atoms with E-state index < -0.39 is 37.7 Å². The number of nitrogens with one attached hydrogen (secondary N) is 1. The number of likely N-dealkylation sites (tertiary alicyclic amines) is 2. The average molecular weight is 1230 g/mol. The van der Waals surface area contributed by atoms with Crippen LogP contribution in [0.3, 0.4) is 0 Å². The summed E-state index contributed by atoms with van der Waals surface area (Å²) in [6.45, 7) is 39.7. The van der Waals surface area contributed by atoms with Gasteiger partial charge in [-0.3, -0.25) is 19.7 Å². The molecule has 0 radical (unpaired) electrons. The van der Waals surface area contributed by atoms with Crippen LogP contribution in [0.15, 0.2) is 84.4 Å². The van der Waals surface area contributed by atoms with Crippen LogP contribution in [0.4, 0.5) is 21.0 Å². The second-order valence-electron chi connectivity index (χ2n) is 25.5. The highest BCUT2D eigenvalue weighted by atomic mass is 28.4. The van der Waals surface area contributed by atoms with Crippen LogP contribution >= 0.6 is 0 Å². The number of nitrogen functional groups attached to an aromatic ring is 1. The number of esters is 1. The van der Waals surface area contributed by atoms with Gasteiger partial charge in [0.2, 0.25) is 0 Å². The molecule has 3 aromatic carbocycles. The van der Waals surface area contributed by atoms with Gasteiger partial charge in [0.15, 0.2) is 19.8 Å². The molecule has 2 atom stereocenters. The molecule has 0 aliphatic carbocycles. The molecular weight excluding hydrogens is 1130 g/mol. The van der Waals surface area contributed by atoms with Crippen LogP contribution in [0.5, 0.6) is 23.0 Å². The first-order valence-electron chi connectivity index (χ1n) is 29.7. The number of nitrogens with zero attached hydrogens (tertiary/aromatic N) is 3. The summed E-state index contributed by atoms with van der Waals surface area (Å²) >= 11 is 0. The number of hydrogen-bond acceptors (Lipinski definition) is 16. The van der Waals surface area contributed by atoms with E-state index in [2.05, 4.69) is 63.9 Å². The van der Waals surface area contributed by atoms with Crippen molar-refractivity contribution < 1.29 is 71.0 Å². The van der Waals surface area contributed by atoms with Crippen molar-refractivity contribution in [2.24, 2.45) is 4.99 Å². The van der Waals surface area contributed by atoms with Gasteiger partial charge in [-0.15, -0.1) is 0 Å². The minimum Gasteiger partial charge on any atom is -0.493 e. The van der Waals surface area contributed by atoms with Crippen molar-refractivity contribution >= 4 is 55.4 Å². The molecule has 0 aromatic heterocycles. The summed E-state index contributed by atoms with van der Waals surface area (Å²) < 4.78 is 59.3. The standard InChI is InChI=1S/C66H95N5O15Si/c1-18-22-81-62(75)69-55-37-56(45(5)30-53(55)61(74)71-39-44(4)29-50(71)42-84-87(16,17)66(12,13)14)82-40-46-31-47(41-83-58-36-54(67)52(35-57(58)77-15)60(73)70-38-43(3)28-49(70)19-2)33-51(32-46)80-27-26-79-25-24-78-23-20-21-48(34-59(72)85-64(6,7)8)68-63(76)86-65(9,10)11/h18,30-33,35-37,49-50H,1,3-4,19-29,34,38-42,67H2,2,5-17H3,(H,69,75)/t49-,50+/m1/s1. The van der Waals surface area contributed by atoms with Crippen LogP contribution in [0.2, 0.25) is 18.1 Å². The number of aryl methyl sites for hydroxylation is 1. The van der Waals surface area contributed by atoms with Gasteiger partial charge in [0.25, 0.3) is 11.8 Å². The lowest BCUT2D eigenvalue weighted by atomic mass is 10.1. The molecule has 2 aliphatic rings. The molecule has 0 unspecified atom stereocenters. The number of rotatable bonds is 29. The monoisotopic (exact) mass is 1230 g/mol. The van der Waals surface area contributed by atoms with Gasteiger partial charge in [-0.1, -0.05) is 64.7 Å². The van der Waals surface area contributed by atoms with Crippen LogP contribution in [0.1, 0.15) is 145 Å². The fourth-order valence-electron chi connectivity index (χ4n) is 9.37. The van der Waals surface area contributed by atoms with Gasteiger partial charge in [-0.25, -0.2) is 9.59 Å². The summed E-state index contributed by atoms with van der Waals surface area (Å²) in [6, 6.07) is 11.8. The van der Waals surface area contributed by atoms with E-state index in [4.69, 9.17) is 52.8 Å².